The summed E-state index contributed by atoms with van der Waals surface area (Å²) in [6.45, 7) is 4.46. The number of hydrogen-bond donors (Lipinski definition) is 0. The average Bonchev–Trinajstić information content (AvgIpc) is 2.64. The van der Waals surface area contributed by atoms with Crippen molar-refractivity contribution in [3.05, 3.63) is 24.3 Å². The van der Waals surface area contributed by atoms with Crippen molar-refractivity contribution in [2.24, 2.45) is 23.7 Å². The summed E-state index contributed by atoms with van der Waals surface area (Å²) < 4.78 is 11.0. The summed E-state index contributed by atoms with van der Waals surface area (Å²) in [6, 6.07) is 6.81. The lowest BCUT2D eigenvalue weighted by Crippen LogP contribution is -2.25. The summed E-state index contributed by atoms with van der Waals surface area (Å²) >= 11 is 0. The molecule has 2 fully saturated rings. The third kappa shape index (κ3) is 5.09. The van der Waals surface area contributed by atoms with Gasteiger partial charge in [0.05, 0.1) is 11.8 Å². The number of benzene rings is 1. The highest BCUT2D eigenvalue weighted by atomic mass is 16.5. The molecule has 0 atom stereocenters. The summed E-state index contributed by atoms with van der Waals surface area (Å²) in [4.78, 5) is 24.5. The van der Waals surface area contributed by atoms with Gasteiger partial charge in [-0.15, -0.1) is 0 Å². The largest absolute Gasteiger partial charge is 0.426 e. The number of esters is 2. The van der Waals surface area contributed by atoms with E-state index in [-0.39, 0.29) is 23.8 Å². The molecule has 0 bridgehead atoms. The lowest BCUT2D eigenvalue weighted by Gasteiger charge is -2.24. The molecular weight excluding hydrogens is 328 g/mol. The zero-order valence-corrected chi connectivity index (χ0v) is 15.9. The van der Waals surface area contributed by atoms with Crippen LogP contribution in [0.1, 0.15) is 65.2 Å². The SMILES string of the molecule is CC1CCC(C(=O)Oc2ccc(OC(=O)C3CCC(C)CC3)cc2)CC1. The molecule has 26 heavy (non-hydrogen) atoms. The number of carbonyl (C=O) groups is 2. The van der Waals surface area contributed by atoms with E-state index in [2.05, 4.69) is 13.8 Å². The smallest absolute Gasteiger partial charge is 0.314 e. The number of ether oxygens (including phenoxy) is 2. The molecule has 0 saturated heterocycles. The Kier molecular flexibility index (Phi) is 6.33. The van der Waals surface area contributed by atoms with Crippen LogP contribution in [0.4, 0.5) is 0 Å². The van der Waals surface area contributed by atoms with Crippen molar-refractivity contribution in [3.8, 4) is 11.5 Å². The lowest BCUT2D eigenvalue weighted by molar-refractivity contribution is -0.141. The molecule has 2 saturated carbocycles. The van der Waals surface area contributed by atoms with E-state index in [9.17, 15) is 9.59 Å². The van der Waals surface area contributed by atoms with Crippen LogP contribution in [0, 0.1) is 23.7 Å². The molecule has 0 heterocycles. The molecule has 142 valence electrons. The molecule has 2 aliphatic carbocycles. The van der Waals surface area contributed by atoms with Crippen molar-refractivity contribution in [1.29, 1.82) is 0 Å². The van der Waals surface area contributed by atoms with Gasteiger partial charge < -0.3 is 9.47 Å². The molecule has 1 aromatic carbocycles. The molecule has 2 aliphatic rings. The first kappa shape index (κ1) is 18.9. The summed E-state index contributed by atoms with van der Waals surface area (Å²) in [6.07, 6.45) is 8.02. The maximum absolute atomic E-state index is 12.3. The van der Waals surface area contributed by atoms with Gasteiger partial charge in [-0.05, 0) is 87.5 Å². The van der Waals surface area contributed by atoms with Gasteiger partial charge in [-0.3, -0.25) is 9.59 Å². The minimum Gasteiger partial charge on any atom is -0.426 e. The highest BCUT2D eigenvalue weighted by molar-refractivity contribution is 5.76. The normalized spacial score (nSPS) is 29.0. The van der Waals surface area contributed by atoms with E-state index in [4.69, 9.17) is 9.47 Å². The van der Waals surface area contributed by atoms with Gasteiger partial charge in [-0.2, -0.15) is 0 Å². The van der Waals surface area contributed by atoms with Gasteiger partial charge in [0, 0.05) is 0 Å². The molecule has 0 aromatic heterocycles. The first-order valence-corrected chi connectivity index (χ1v) is 10.0. The molecule has 0 amide bonds. The molecular formula is C22H30O4. The molecule has 3 rings (SSSR count). The van der Waals surface area contributed by atoms with E-state index in [0.29, 0.717) is 23.3 Å². The Balaban J connectivity index is 1.48. The number of rotatable bonds is 4. The highest BCUT2D eigenvalue weighted by Crippen LogP contribution is 2.31. The van der Waals surface area contributed by atoms with Crippen LogP contribution < -0.4 is 9.47 Å². The van der Waals surface area contributed by atoms with Crippen molar-refractivity contribution in [3.63, 3.8) is 0 Å². The zero-order valence-electron chi connectivity index (χ0n) is 15.9. The van der Waals surface area contributed by atoms with Gasteiger partial charge in [0.25, 0.3) is 0 Å². The van der Waals surface area contributed by atoms with Crippen LogP contribution in [0.3, 0.4) is 0 Å². The minimum absolute atomic E-state index is 0.0115. The summed E-state index contributed by atoms with van der Waals surface area (Å²) in [5.74, 6) is 2.19. The monoisotopic (exact) mass is 358 g/mol. The molecule has 0 N–H and O–H groups in total. The van der Waals surface area contributed by atoms with E-state index in [1.165, 1.54) is 0 Å². The fraction of sp³-hybridized carbons (Fsp3) is 0.636. The Hall–Kier alpha value is -1.84. The first-order chi connectivity index (χ1) is 12.5. The fourth-order valence-electron chi connectivity index (χ4n) is 3.97. The van der Waals surface area contributed by atoms with E-state index in [0.717, 1.165) is 51.4 Å². The molecule has 0 unspecified atom stereocenters. The van der Waals surface area contributed by atoms with Crippen molar-refractivity contribution in [1.82, 2.24) is 0 Å². The Labute approximate surface area is 156 Å². The van der Waals surface area contributed by atoms with Gasteiger partial charge in [0.2, 0.25) is 0 Å². The second kappa shape index (κ2) is 8.70. The second-order valence-corrected chi connectivity index (χ2v) is 8.23. The molecule has 1 aromatic rings. The lowest BCUT2D eigenvalue weighted by atomic mass is 9.83. The first-order valence-electron chi connectivity index (χ1n) is 10.0. The fourth-order valence-corrected chi connectivity index (χ4v) is 3.97. The van der Waals surface area contributed by atoms with Crippen molar-refractivity contribution < 1.29 is 19.1 Å². The van der Waals surface area contributed by atoms with Crippen LogP contribution in [0.15, 0.2) is 24.3 Å². The molecule has 4 nitrogen and oxygen atoms in total. The van der Waals surface area contributed by atoms with Crippen LogP contribution in [0.25, 0.3) is 0 Å². The van der Waals surface area contributed by atoms with Crippen LogP contribution in [0.2, 0.25) is 0 Å². The van der Waals surface area contributed by atoms with Crippen LogP contribution in [-0.2, 0) is 9.59 Å². The quantitative estimate of drug-likeness (QED) is 0.552. The van der Waals surface area contributed by atoms with E-state index in [1.54, 1.807) is 24.3 Å². The molecule has 4 heteroatoms. The van der Waals surface area contributed by atoms with Gasteiger partial charge in [0.1, 0.15) is 11.5 Å². The van der Waals surface area contributed by atoms with Crippen LogP contribution in [-0.4, -0.2) is 11.9 Å². The van der Waals surface area contributed by atoms with Gasteiger partial charge in [0.15, 0.2) is 0 Å². The average molecular weight is 358 g/mol. The number of carbonyl (C=O) groups excluding carboxylic acids is 2. The predicted molar refractivity (Wildman–Crippen MR) is 100.0 cm³/mol. The Morgan fingerprint density at radius 3 is 1.27 bits per heavy atom. The number of hydrogen-bond acceptors (Lipinski definition) is 4. The standard InChI is InChI=1S/C22H30O4/c1-15-3-7-17(8-4-15)21(23)25-19-11-13-20(14-12-19)26-22(24)18-9-5-16(2)6-10-18/h11-18H,3-10H2,1-2H3. The Bertz CT molecular complexity index is 551. The van der Waals surface area contributed by atoms with Gasteiger partial charge in [-0.25, -0.2) is 0 Å². The van der Waals surface area contributed by atoms with Crippen molar-refractivity contribution in [2.45, 2.75) is 65.2 Å². The summed E-state index contributed by atoms with van der Waals surface area (Å²) in [7, 11) is 0. The Morgan fingerprint density at radius 2 is 0.962 bits per heavy atom. The molecule has 0 spiro atoms. The Morgan fingerprint density at radius 1 is 0.654 bits per heavy atom. The summed E-state index contributed by atoms with van der Waals surface area (Å²) in [5, 5.41) is 0. The zero-order chi connectivity index (χ0) is 18.5. The van der Waals surface area contributed by atoms with E-state index in [1.807, 2.05) is 0 Å². The predicted octanol–water partition coefficient (Wildman–Crippen LogP) is 5.15. The molecule has 0 radical (unpaired) electrons. The van der Waals surface area contributed by atoms with Gasteiger partial charge in [-0.1, -0.05) is 13.8 Å². The maximum atomic E-state index is 12.3. The maximum Gasteiger partial charge on any atom is 0.314 e. The van der Waals surface area contributed by atoms with Crippen LogP contribution >= 0.6 is 0 Å². The topological polar surface area (TPSA) is 52.6 Å². The highest BCUT2D eigenvalue weighted by Gasteiger charge is 2.27. The molecule has 0 aliphatic heterocycles. The van der Waals surface area contributed by atoms with E-state index < -0.39 is 0 Å². The third-order valence-corrected chi connectivity index (χ3v) is 5.96. The van der Waals surface area contributed by atoms with Crippen LogP contribution in [0.5, 0.6) is 11.5 Å². The minimum atomic E-state index is -0.141. The van der Waals surface area contributed by atoms with Crippen molar-refractivity contribution >= 4 is 11.9 Å². The van der Waals surface area contributed by atoms with E-state index >= 15 is 0 Å². The third-order valence-electron chi connectivity index (χ3n) is 5.96. The van der Waals surface area contributed by atoms with Crippen molar-refractivity contribution in [2.75, 3.05) is 0 Å². The second-order valence-electron chi connectivity index (χ2n) is 8.23. The summed E-state index contributed by atoms with van der Waals surface area (Å²) in [5.41, 5.74) is 0. The van der Waals surface area contributed by atoms with Gasteiger partial charge >= 0.3 is 11.9 Å².